The van der Waals surface area contributed by atoms with Crippen LogP contribution in [0.1, 0.15) is 55.1 Å². The zero-order chi connectivity index (χ0) is 21.2. The number of alkyl halides is 3. The number of hydrogen-bond donors (Lipinski definition) is 3. The van der Waals surface area contributed by atoms with Crippen LogP contribution in [0.4, 0.5) is 13.2 Å². The molecule has 7 nitrogen and oxygen atoms in total. The van der Waals surface area contributed by atoms with Gasteiger partial charge in [-0.15, -0.1) is 0 Å². The molecule has 2 aromatic rings. The van der Waals surface area contributed by atoms with E-state index in [4.69, 9.17) is 0 Å². The van der Waals surface area contributed by atoms with Gasteiger partial charge < -0.3 is 15.5 Å². The number of amides is 1. The second kappa shape index (κ2) is 8.22. The molecule has 1 saturated carbocycles. The number of rotatable bonds is 4. The van der Waals surface area contributed by atoms with Crippen molar-refractivity contribution in [1.82, 2.24) is 20.3 Å². The van der Waals surface area contributed by atoms with Gasteiger partial charge in [-0.3, -0.25) is 9.78 Å². The molecule has 1 fully saturated rings. The monoisotopic (exact) mass is 410 g/mol. The maximum atomic E-state index is 12.7. The average Bonchev–Trinajstić information content (AvgIpc) is 2.70. The van der Waals surface area contributed by atoms with Gasteiger partial charge in [-0.25, -0.2) is 4.98 Å². The number of nitrogens with one attached hydrogen (secondary N) is 1. The first kappa shape index (κ1) is 20.8. The van der Waals surface area contributed by atoms with E-state index in [1.807, 2.05) is 6.92 Å². The van der Waals surface area contributed by atoms with Crippen LogP contribution < -0.4 is 5.32 Å². The molecule has 0 aromatic carbocycles. The lowest BCUT2D eigenvalue weighted by atomic mass is 9.84. The van der Waals surface area contributed by atoms with Crippen LogP contribution in [0.15, 0.2) is 18.3 Å². The normalized spacial score (nSPS) is 16.4. The number of pyridine rings is 1. The van der Waals surface area contributed by atoms with Gasteiger partial charge in [0, 0.05) is 12.2 Å². The summed E-state index contributed by atoms with van der Waals surface area (Å²) in [7, 11) is 0. The molecular weight excluding hydrogens is 389 g/mol. The molecular formula is C19H21F3N4O3. The molecule has 10 heteroatoms. The summed E-state index contributed by atoms with van der Waals surface area (Å²) in [5, 5.41) is 22.6. The third-order valence-corrected chi connectivity index (χ3v) is 5.12. The van der Waals surface area contributed by atoms with Gasteiger partial charge in [-0.1, -0.05) is 19.3 Å². The Kier molecular flexibility index (Phi) is 5.90. The third kappa shape index (κ3) is 4.75. The van der Waals surface area contributed by atoms with Crippen molar-refractivity contribution in [2.24, 2.45) is 5.92 Å². The smallest absolute Gasteiger partial charge is 0.417 e. The number of aromatic nitrogens is 3. The Hall–Kier alpha value is -2.91. The number of carbonyl (C=O) groups is 1. The van der Waals surface area contributed by atoms with E-state index >= 15 is 0 Å². The number of nitrogens with zero attached hydrogens (tertiary/aromatic N) is 3. The first-order valence-corrected chi connectivity index (χ1v) is 9.31. The molecule has 3 N–H and O–H groups in total. The Morgan fingerprint density at radius 3 is 2.45 bits per heavy atom. The van der Waals surface area contributed by atoms with E-state index in [1.54, 1.807) is 0 Å². The average molecular weight is 410 g/mol. The van der Waals surface area contributed by atoms with E-state index in [0.717, 1.165) is 37.8 Å². The molecule has 156 valence electrons. The first-order chi connectivity index (χ1) is 13.7. The van der Waals surface area contributed by atoms with Crippen LogP contribution >= 0.6 is 0 Å². The van der Waals surface area contributed by atoms with Crippen molar-refractivity contribution in [3.8, 4) is 23.1 Å². The lowest BCUT2D eigenvalue weighted by molar-refractivity contribution is -0.137. The van der Waals surface area contributed by atoms with Crippen LogP contribution in [0.3, 0.4) is 0 Å². The maximum absolute atomic E-state index is 12.7. The highest BCUT2D eigenvalue weighted by molar-refractivity contribution is 5.96. The number of hydrogen-bond acceptors (Lipinski definition) is 6. The van der Waals surface area contributed by atoms with Gasteiger partial charge in [0.1, 0.15) is 5.69 Å². The van der Waals surface area contributed by atoms with E-state index in [2.05, 4.69) is 20.3 Å². The molecule has 2 heterocycles. The second-order valence-corrected chi connectivity index (χ2v) is 7.16. The van der Waals surface area contributed by atoms with Gasteiger partial charge in [0.15, 0.2) is 11.5 Å². The standard InChI is InChI=1S/C19H21F3N4O3/c1-10(11-5-3-2-4-6-11)24-17(28)14-15(27)18(29)26-16(25-14)13-8-7-12(9-23-13)19(20,21)22/h7-11,27H,2-6H2,1H3,(H,24,28)(H,25,26,29). The summed E-state index contributed by atoms with van der Waals surface area (Å²) in [6, 6.07) is 1.66. The largest absolute Gasteiger partial charge is 0.501 e. The van der Waals surface area contributed by atoms with Crippen LogP contribution in [0.25, 0.3) is 11.5 Å². The minimum Gasteiger partial charge on any atom is -0.501 e. The fourth-order valence-corrected chi connectivity index (χ4v) is 3.44. The van der Waals surface area contributed by atoms with E-state index in [0.29, 0.717) is 12.1 Å². The summed E-state index contributed by atoms with van der Waals surface area (Å²) in [5.41, 5.74) is -1.50. The predicted molar refractivity (Wildman–Crippen MR) is 97.1 cm³/mol. The molecule has 1 unspecified atom stereocenters. The van der Waals surface area contributed by atoms with Crippen LogP contribution in [0.5, 0.6) is 11.6 Å². The van der Waals surface area contributed by atoms with E-state index < -0.39 is 35.0 Å². The molecule has 0 bridgehead atoms. The summed E-state index contributed by atoms with van der Waals surface area (Å²) in [6.07, 6.45) is 1.38. The Balaban J connectivity index is 1.84. The zero-order valence-electron chi connectivity index (χ0n) is 15.7. The quantitative estimate of drug-likeness (QED) is 0.710. The molecule has 0 aliphatic heterocycles. The van der Waals surface area contributed by atoms with E-state index in [9.17, 15) is 28.2 Å². The summed E-state index contributed by atoms with van der Waals surface area (Å²) in [6.45, 7) is 1.87. The number of carbonyl (C=O) groups excluding carboxylic acids is 1. The summed E-state index contributed by atoms with van der Waals surface area (Å²) in [5.74, 6) is -2.32. The Morgan fingerprint density at radius 2 is 1.86 bits per heavy atom. The van der Waals surface area contributed by atoms with Crippen molar-refractivity contribution in [3.05, 3.63) is 29.6 Å². The minimum atomic E-state index is -4.55. The van der Waals surface area contributed by atoms with Crippen molar-refractivity contribution in [2.75, 3.05) is 0 Å². The Morgan fingerprint density at radius 1 is 1.17 bits per heavy atom. The van der Waals surface area contributed by atoms with Gasteiger partial charge in [-0.05, 0) is 37.8 Å². The van der Waals surface area contributed by atoms with E-state index in [1.165, 1.54) is 6.42 Å². The van der Waals surface area contributed by atoms with Gasteiger partial charge in [-0.2, -0.15) is 18.2 Å². The Bertz CT molecular complexity index is 882. The third-order valence-electron chi connectivity index (χ3n) is 5.12. The van der Waals surface area contributed by atoms with Gasteiger partial charge in [0.05, 0.1) is 5.56 Å². The molecule has 1 aliphatic carbocycles. The van der Waals surface area contributed by atoms with E-state index in [-0.39, 0.29) is 17.6 Å². The number of halogens is 3. The van der Waals surface area contributed by atoms with Gasteiger partial charge in [0.2, 0.25) is 5.75 Å². The molecule has 1 atom stereocenters. The number of aromatic hydroxyl groups is 2. The molecule has 0 spiro atoms. The lowest BCUT2D eigenvalue weighted by Crippen LogP contribution is -2.39. The highest BCUT2D eigenvalue weighted by atomic mass is 19.4. The second-order valence-electron chi connectivity index (χ2n) is 7.16. The molecule has 0 radical (unpaired) electrons. The minimum absolute atomic E-state index is 0.0809. The molecule has 2 aromatic heterocycles. The fourth-order valence-electron chi connectivity index (χ4n) is 3.44. The lowest BCUT2D eigenvalue weighted by Gasteiger charge is -2.28. The summed E-state index contributed by atoms with van der Waals surface area (Å²) in [4.78, 5) is 23.8. The van der Waals surface area contributed by atoms with Crippen LogP contribution in [0, 0.1) is 5.92 Å². The molecule has 1 amide bonds. The van der Waals surface area contributed by atoms with Crippen LogP contribution in [-0.2, 0) is 6.18 Å². The van der Waals surface area contributed by atoms with Gasteiger partial charge in [0.25, 0.3) is 11.8 Å². The summed E-state index contributed by atoms with van der Waals surface area (Å²) < 4.78 is 38.1. The van der Waals surface area contributed by atoms with Gasteiger partial charge >= 0.3 is 6.18 Å². The van der Waals surface area contributed by atoms with Crippen molar-refractivity contribution in [3.63, 3.8) is 0 Å². The topological polar surface area (TPSA) is 108 Å². The predicted octanol–water partition coefficient (Wildman–Crippen LogP) is 3.67. The molecule has 29 heavy (non-hydrogen) atoms. The van der Waals surface area contributed by atoms with Crippen molar-refractivity contribution in [1.29, 1.82) is 0 Å². The fraction of sp³-hybridized carbons (Fsp3) is 0.474. The highest BCUT2D eigenvalue weighted by Crippen LogP contribution is 2.32. The van der Waals surface area contributed by atoms with Crippen LogP contribution in [-0.4, -0.2) is 37.1 Å². The first-order valence-electron chi connectivity index (χ1n) is 9.31. The SMILES string of the molecule is CC(NC(=O)c1nc(-c2ccc(C(F)(F)F)cn2)nc(O)c1O)C1CCCCC1. The van der Waals surface area contributed by atoms with Crippen molar-refractivity contribution in [2.45, 2.75) is 51.2 Å². The zero-order valence-corrected chi connectivity index (χ0v) is 15.7. The molecule has 3 rings (SSSR count). The van der Waals surface area contributed by atoms with Crippen molar-refractivity contribution >= 4 is 5.91 Å². The summed E-state index contributed by atoms with van der Waals surface area (Å²) >= 11 is 0. The van der Waals surface area contributed by atoms with Crippen LogP contribution in [0.2, 0.25) is 0 Å². The molecule has 1 aliphatic rings. The highest BCUT2D eigenvalue weighted by Gasteiger charge is 2.31. The maximum Gasteiger partial charge on any atom is 0.417 e. The van der Waals surface area contributed by atoms with Crippen molar-refractivity contribution < 1.29 is 28.2 Å². The Labute approximate surface area is 165 Å². The molecule has 0 saturated heterocycles.